The first-order valence-corrected chi connectivity index (χ1v) is 12.8. The van der Waals surface area contributed by atoms with Crippen molar-refractivity contribution >= 4 is 55.7 Å². The molecular formula is C29H19N3OS2. The number of hydrogen-bond donors (Lipinski definition) is 0. The lowest BCUT2D eigenvalue weighted by molar-refractivity contribution is 0.112. The number of benzene rings is 4. The van der Waals surface area contributed by atoms with Gasteiger partial charge in [-0.15, -0.1) is 0 Å². The first-order valence-electron chi connectivity index (χ1n) is 11.1. The number of aldehydes is 1. The number of carbonyl (C=O) groups is 1. The zero-order chi connectivity index (χ0) is 23.6. The van der Waals surface area contributed by atoms with Crippen molar-refractivity contribution in [3.05, 3.63) is 115 Å². The van der Waals surface area contributed by atoms with Gasteiger partial charge in [-0.25, -0.2) is 9.97 Å². The second kappa shape index (κ2) is 9.25. The van der Waals surface area contributed by atoms with Gasteiger partial charge >= 0.3 is 0 Å². The van der Waals surface area contributed by atoms with Gasteiger partial charge in [0.05, 0.1) is 0 Å². The molecule has 0 aliphatic carbocycles. The number of aromatic nitrogens is 2. The van der Waals surface area contributed by atoms with Crippen LogP contribution in [0.1, 0.15) is 10.4 Å². The average molecular weight is 490 g/mol. The van der Waals surface area contributed by atoms with Crippen molar-refractivity contribution in [3.63, 3.8) is 0 Å². The smallest absolute Gasteiger partial charge is 0.155 e. The number of rotatable bonds is 6. The van der Waals surface area contributed by atoms with Crippen LogP contribution in [0.15, 0.2) is 109 Å². The SMILES string of the molecule is O=Cc1ccc(-c2nc3sc(-c4ccc(N(c5ccccc5)c5ccccc5)cc4)nc3s2)cc1. The van der Waals surface area contributed by atoms with E-state index in [0.717, 1.165) is 54.2 Å². The number of anilines is 3. The normalized spacial score (nSPS) is 11.0. The minimum Gasteiger partial charge on any atom is -0.311 e. The summed E-state index contributed by atoms with van der Waals surface area (Å²) in [5.74, 6) is 0. The molecule has 168 valence electrons. The Bertz CT molecular complexity index is 1520. The molecule has 0 saturated carbocycles. The summed E-state index contributed by atoms with van der Waals surface area (Å²) >= 11 is 3.17. The molecule has 2 aromatic heterocycles. The van der Waals surface area contributed by atoms with Crippen LogP contribution in [0.5, 0.6) is 0 Å². The lowest BCUT2D eigenvalue weighted by Gasteiger charge is -2.25. The van der Waals surface area contributed by atoms with Crippen molar-refractivity contribution in [3.8, 4) is 21.1 Å². The van der Waals surface area contributed by atoms with Crippen LogP contribution < -0.4 is 4.90 Å². The number of hydrogen-bond acceptors (Lipinski definition) is 6. The average Bonchev–Trinajstić information content (AvgIpc) is 3.51. The molecule has 0 spiro atoms. The van der Waals surface area contributed by atoms with Crippen LogP contribution in [-0.2, 0) is 0 Å². The third-order valence-electron chi connectivity index (χ3n) is 5.67. The third kappa shape index (κ3) is 4.25. The molecule has 6 heteroatoms. The molecule has 4 aromatic carbocycles. The summed E-state index contributed by atoms with van der Waals surface area (Å²) in [4.78, 5) is 24.7. The van der Waals surface area contributed by atoms with Gasteiger partial charge in [-0.3, -0.25) is 4.79 Å². The van der Waals surface area contributed by atoms with E-state index in [1.54, 1.807) is 22.7 Å². The van der Waals surface area contributed by atoms with Gasteiger partial charge < -0.3 is 4.90 Å². The van der Waals surface area contributed by atoms with Gasteiger partial charge in [0.15, 0.2) is 9.66 Å². The summed E-state index contributed by atoms with van der Waals surface area (Å²) in [6.45, 7) is 0. The van der Waals surface area contributed by atoms with Gasteiger partial charge in [-0.1, -0.05) is 83.3 Å². The number of fused-ring (bicyclic) bond motifs is 1. The highest BCUT2D eigenvalue weighted by Gasteiger charge is 2.15. The quantitative estimate of drug-likeness (QED) is 0.220. The van der Waals surface area contributed by atoms with Crippen molar-refractivity contribution < 1.29 is 4.79 Å². The highest BCUT2D eigenvalue weighted by Crippen LogP contribution is 2.39. The summed E-state index contributed by atoms with van der Waals surface area (Å²) < 4.78 is 0. The molecule has 0 saturated heterocycles. The summed E-state index contributed by atoms with van der Waals surface area (Å²) in [6, 6.07) is 36.7. The maximum absolute atomic E-state index is 10.9. The van der Waals surface area contributed by atoms with E-state index >= 15 is 0 Å². The van der Waals surface area contributed by atoms with Crippen molar-refractivity contribution in [2.75, 3.05) is 4.90 Å². The van der Waals surface area contributed by atoms with E-state index in [2.05, 4.69) is 77.7 Å². The van der Waals surface area contributed by atoms with E-state index in [1.807, 2.05) is 36.4 Å². The van der Waals surface area contributed by atoms with Gasteiger partial charge in [0.2, 0.25) is 0 Å². The Labute approximate surface area is 210 Å². The van der Waals surface area contributed by atoms with Crippen molar-refractivity contribution in [2.24, 2.45) is 0 Å². The summed E-state index contributed by atoms with van der Waals surface area (Å²) in [7, 11) is 0. The fraction of sp³-hybridized carbons (Fsp3) is 0. The molecule has 35 heavy (non-hydrogen) atoms. The zero-order valence-corrected chi connectivity index (χ0v) is 20.2. The third-order valence-corrected chi connectivity index (χ3v) is 7.80. The molecule has 6 aromatic rings. The molecule has 0 bridgehead atoms. The Morgan fingerprint density at radius 1 is 0.543 bits per heavy atom. The topological polar surface area (TPSA) is 46.1 Å². The summed E-state index contributed by atoms with van der Waals surface area (Å²) in [5.41, 5.74) is 6.04. The standard InChI is InChI=1S/C29H19N3OS2/c33-19-20-11-13-21(14-12-20)26-30-28-29(34-26)31-27(35-28)22-15-17-25(18-16-22)32(23-7-3-1-4-8-23)24-9-5-2-6-10-24/h1-19H. The molecule has 2 heterocycles. The Balaban J connectivity index is 1.30. The van der Waals surface area contributed by atoms with E-state index in [9.17, 15) is 4.79 Å². The molecule has 6 rings (SSSR count). The first kappa shape index (κ1) is 21.4. The number of para-hydroxylation sites is 2. The molecule has 0 N–H and O–H groups in total. The molecule has 0 amide bonds. The van der Waals surface area contributed by atoms with Crippen LogP contribution in [-0.4, -0.2) is 16.3 Å². The Morgan fingerprint density at radius 2 is 0.971 bits per heavy atom. The van der Waals surface area contributed by atoms with Gasteiger partial charge in [-0.2, -0.15) is 0 Å². The number of thiazole rings is 2. The first-order chi connectivity index (χ1) is 17.3. The lowest BCUT2D eigenvalue weighted by Crippen LogP contribution is -2.09. The molecule has 0 unspecified atom stereocenters. The molecular weight excluding hydrogens is 470 g/mol. The lowest BCUT2D eigenvalue weighted by atomic mass is 10.1. The van der Waals surface area contributed by atoms with Crippen LogP contribution in [0.4, 0.5) is 17.1 Å². The second-order valence-corrected chi connectivity index (χ2v) is 9.90. The van der Waals surface area contributed by atoms with Crippen molar-refractivity contribution in [1.82, 2.24) is 9.97 Å². The van der Waals surface area contributed by atoms with E-state index in [0.29, 0.717) is 5.56 Å². The van der Waals surface area contributed by atoms with Crippen molar-refractivity contribution in [1.29, 1.82) is 0 Å². The zero-order valence-electron chi connectivity index (χ0n) is 18.5. The van der Waals surface area contributed by atoms with Crippen molar-refractivity contribution in [2.45, 2.75) is 0 Å². The van der Waals surface area contributed by atoms with E-state index in [4.69, 9.17) is 9.97 Å². The van der Waals surface area contributed by atoms with Gasteiger partial charge in [0, 0.05) is 33.8 Å². The largest absolute Gasteiger partial charge is 0.311 e. The van der Waals surface area contributed by atoms with E-state index in [1.165, 1.54) is 0 Å². The number of carbonyl (C=O) groups excluding carboxylic acids is 1. The van der Waals surface area contributed by atoms with Crippen LogP contribution in [0, 0.1) is 0 Å². The Hall–Kier alpha value is -4.13. The van der Waals surface area contributed by atoms with Crippen LogP contribution in [0.2, 0.25) is 0 Å². The van der Waals surface area contributed by atoms with Crippen LogP contribution >= 0.6 is 22.7 Å². The maximum Gasteiger partial charge on any atom is 0.155 e. The highest BCUT2D eigenvalue weighted by atomic mass is 32.1. The molecule has 0 aliphatic rings. The predicted octanol–water partition coefficient (Wildman–Crippen LogP) is 8.37. The molecule has 0 atom stereocenters. The minimum absolute atomic E-state index is 0.661. The molecule has 4 nitrogen and oxygen atoms in total. The fourth-order valence-electron chi connectivity index (χ4n) is 3.95. The fourth-order valence-corrected chi connectivity index (χ4v) is 6.00. The maximum atomic E-state index is 10.9. The number of nitrogens with zero attached hydrogens (tertiary/aromatic N) is 3. The second-order valence-electron chi connectivity index (χ2n) is 7.94. The van der Waals surface area contributed by atoms with E-state index in [-0.39, 0.29) is 0 Å². The van der Waals surface area contributed by atoms with Crippen LogP contribution in [0.25, 0.3) is 30.8 Å². The summed E-state index contributed by atoms with van der Waals surface area (Å²) in [5, 5.41) is 1.87. The molecule has 0 radical (unpaired) electrons. The Kier molecular flexibility index (Phi) is 5.66. The minimum atomic E-state index is 0.661. The summed E-state index contributed by atoms with van der Waals surface area (Å²) in [6.07, 6.45) is 0.849. The Morgan fingerprint density at radius 3 is 1.43 bits per heavy atom. The van der Waals surface area contributed by atoms with Gasteiger partial charge in [0.1, 0.15) is 16.3 Å². The monoisotopic (exact) mass is 489 g/mol. The predicted molar refractivity (Wildman–Crippen MR) is 146 cm³/mol. The molecule has 0 aliphatic heterocycles. The van der Waals surface area contributed by atoms with Gasteiger partial charge in [0.25, 0.3) is 0 Å². The highest BCUT2D eigenvalue weighted by molar-refractivity contribution is 7.29. The van der Waals surface area contributed by atoms with Crippen LogP contribution in [0.3, 0.4) is 0 Å². The van der Waals surface area contributed by atoms with Gasteiger partial charge in [-0.05, 0) is 48.5 Å². The molecule has 0 fully saturated rings. The van der Waals surface area contributed by atoms with E-state index < -0.39 is 0 Å².